The summed E-state index contributed by atoms with van der Waals surface area (Å²) in [5.41, 5.74) is 6.16. The van der Waals surface area contributed by atoms with Gasteiger partial charge in [-0.25, -0.2) is 9.97 Å². The number of likely N-dealkylation sites (tertiary alicyclic amines) is 1. The van der Waals surface area contributed by atoms with E-state index >= 15 is 0 Å². The van der Waals surface area contributed by atoms with Crippen LogP contribution in [-0.4, -0.2) is 127 Å². The van der Waals surface area contributed by atoms with Gasteiger partial charge < -0.3 is 30.9 Å². The summed E-state index contributed by atoms with van der Waals surface area (Å²) in [5, 5.41) is 25.4. The number of amides is 4. The molecular weight excluding hydrogens is 996 g/mol. The Labute approximate surface area is 442 Å². The number of hydrogen-bond acceptors (Lipinski definition) is 11. The van der Waals surface area contributed by atoms with Crippen LogP contribution in [0, 0.1) is 24.2 Å². The molecule has 3 atom stereocenters. The van der Waals surface area contributed by atoms with Gasteiger partial charge in [0.15, 0.2) is 5.65 Å². The average molecular weight is 1060 g/mol. The van der Waals surface area contributed by atoms with E-state index in [4.69, 9.17) is 0 Å². The molecule has 20 heteroatoms. The highest BCUT2D eigenvalue weighted by atomic mass is 32.1. The smallest absolute Gasteiger partial charge is 0.391 e. The van der Waals surface area contributed by atoms with Crippen molar-refractivity contribution < 1.29 is 37.5 Å². The van der Waals surface area contributed by atoms with Crippen molar-refractivity contribution in [2.24, 2.45) is 12.5 Å². The Balaban J connectivity index is 0.708. The fraction of sp³-hybridized carbons (Fsp3) is 0.375. The highest BCUT2D eigenvalue weighted by Gasteiger charge is 2.44. The number of halogens is 3. The Morgan fingerprint density at radius 2 is 1.66 bits per heavy atom. The maximum absolute atomic E-state index is 14.1. The molecule has 2 fully saturated rings. The van der Waals surface area contributed by atoms with Crippen LogP contribution in [0.1, 0.15) is 72.8 Å². The molecule has 7 aromatic rings. The van der Waals surface area contributed by atoms with E-state index in [0.717, 1.165) is 76.6 Å². The zero-order valence-corrected chi connectivity index (χ0v) is 43.8. The predicted octanol–water partition coefficient (Wildman–Crippen LogP) is 6.86. The van der Waals surface area contributed by atoms with Gasteiger partial charge in [-0.2, -0.15) is 18.3 Å². The van der Waals surface area contributed by atoms with Gasteiger partial charge in [-0.15, -0.1) is 11.3 Å². The number of piperazine rings is 1. The first-order valence-electron chi connectivity index (χ1n) is 25.2. The summed E-state index contributed by atoms with van der Waals surface area (Å²) >= 11 is 1.57. The third-order valence-corrected chi connectivity index (χ3v) is 14.8. The van der Waals surface area contributed by atoms with E-state index < -0.39 is 41.2 Å². The van der Waals surface area contributed by atoms with Crippen molar-refractivity contribution in [3.05, 3.63) is 125 Å². The molecule has 2 saturated heterocycles. The highest BCUT2D eigenvalue weighted by Crippen LogP contribution is 2.35. The average Bonchev–Trinajstić information content (AvgIpc) is 4.30. The van der Waals surface area contributed by atoms with Crippen molar-refractivity contribution >= 4 is 62.7 Å². The van der Waals surface area contributed by atoms with Crippen molar-refractivity contribution in [3.8, 4) is 28.0 Å². The van der Waals surface area contributed by atoms with Crippen LogP contribution in [0.2, 0.25) is 0 Å². The van der Waals surface area contributed by atoms with Crippen molar-refractivity contribution in [1.82, 2.24) is 50.1 Å². The van der Waals surface area contributed by atoms with Gasteiger partial charge in [0.1, 0.15) is 17.9 Å². The Bertz CT molecular complexity index is 3310. The normalized spacial score (nSPS) is 16.6. The second kappa shape index (κ2) is 22.3. The summed E-state index contributed by atoms with van der Waals surface area (Å²) in [6.45, 7) is 11.7. The maximum atomic E-state index is 14.1. The Kier molecular flexibility index (Phi) is 15.6. The van der Waals surface area contributed by atoms with Gasteiger partial charge in [-0.1, -0.05) is 56.9 Å². The minimum Gasteiger partial charge on any atom is -0.391 e. The predicted molar refractivity (Wildman–Crippen MR) is 286 cm³/mol. The third kappa shape index (κ3) is 12.1. The zero-order valence-electron chi connectivity index (χ0n) is 42.9. The summed E-state index contributed by atoms with van der Waals surface area (Å²) in [6, 6.07) is 20.0. The Hall–Kier alpha value is -7.60. The topological polar surface area (TPSA) is 183 Å². The van der Waals surface area contributed by atoms with Crippen LogP contribution in [0.25, 0.3) is 38.1 Å². The van der Waals surface area contributed by atoms with Crippen molar-refractivity contribution in [3.63, 3.8) is 0 Å². The quantitative estimate of drug-likeness (QED) is 0.0841. The number of carbonyl (C=O) groups excluding carboxylic acids is 4. The monoisotopic (exact) mass is 1060 g/mol. The van der Waals surface area contributed by atoms with Gasteiger partial charge in [0.25, 0.3) is 5.91 Å². The van der Waals surface area contributed by atoms with Crippen LogP contribution in [-0.2, 0) is 34.2 Å². The molecule has 16 nitrogen and oxygen atoms in total. The van der Waals surface area contributed by atoms with Crippen LogP contribution in [0.3, 0.4) is 0 Å². The fourth-order valence-corrected chi connectivity index (χ4v) is 10.6. The van der Waals surface area contributed by atoms with E-state index in [0.29, 0.717) is 40.9 Å². The van der Waals surface area contributed by atoms with Gasteiger partial charge in [0.2, 0.25) is 17.7 Å². The molecule has 396 valence electrons. The molecule has 76 heavy (non-hydrogen) atoms. The number of thiazole rings is 1. The molecule has 4 aromatic heterocycles. The summed E-state index contributed by atoms with van der Waals surface area (Å²) in [5.74, 6) is 5.53. The number of aryl methyl sites for hydroxylation is 2. The van der Waals surface area contributed by atoms with Crippen LogP contribution >= 0.6 is 11.3 Å². The SMILES string of the molecule is Cc1ncsc1-c1ccc(CNC(=O)C2C[C@@H](O)CN2C(=O)[C@@H](NC(=O)CCCN2CCN(c3ccc(C#CCNC(=O)c4ccc5c(c4)c4cn(C)nc4n5-c4ccc(C(F)(F)F)cc4)cn3)CC2)C(C)(C)C)cc1. The number of benzene rings is 3. The van der Waals surface area contributed by atoms with Crippen molar-refractivity contribution in [2.45, 2.75) is 77.9 Å². The lowest BCUT2D eigenvalue weighted by Crippen LogP contribution is -2.57. The zero-order chi connectivity index (χ0) is 53.9. The largest absolute Gasteiger partial charge is 0.416 e. The third-order valence-electron chi connectivity index (χ3n) is 13.9. The number of aliphatic hydroxyl groups is 1. The summed E-state index contributed by atoms with van der Waals surface area (Å²) in [7, 11) is 1.76. The molecule has 4 N–H and O–H groups in total. The molecule has 0 saturated carbocycles. The lowest BCUT2D eigenvalue weighted by atomic mass is 9.85. The number of nitrogens with one attached hydrogen (secondary N) is 3. The van der Waals surface area contributed by atoms with Crippen molar-refractivity contribution in [2.75, 3.05) is 50.7 Å². The number of alkyl halides is 3. The highest BCUT2D eigenvalue weighted by molar-refractivity contribution is 7.13. The lowest BCUT2D eigenvalue weighted by Gasteiger charge is -2.36. The number of rotatable bonds is 14. The van der Waals surface area contributed by atoms with Crippen LogP contribution in [0.4, 0.5) is 19.0 Å². The van der Waals surface area contributed by atoms with Gasteiger partial charge >= 0.3 is 6.18 Å². The minimum atomic E-state index is -4.46. The first-order valence-corrected chi connectivity index (χ1v) is 26.1. The first-order chi connectivity index (χ1) is 36.3. The van der Waals surface area contributed by atoms with Crippen LogP contribution < -0.4 is 20.9 Å². The molecular formula is C56H60F3N11O5S. The van der Waals surface area contributed by atoms with E-state index in [1.54, 1.807) is 52.0 Å². The number of aliphatic hydroxyl groups excluding tert-OH is 1. The van der Waals surface area contributed by atoms with Gasteiger partial charge in [-0.3, -0.25) is 33.3 Å². The summed E-state index contributed by atoms with van der Waals surface area (Å²) in [6.07, 6.45) is -0.887. The Morgan fingerprint density at radius 3 is 2.33 bits per heavy atom. The molecule has 0 aliphatic carbocycles. The molecule has 6 heterocycles. The van der Waals surface area contributed by atoms with Gasteiger partial charge in [0.05, 0.1) is 39.8 Å². The van der Waals surface area contributed by atoms with E-state index in [9.17, 15) is 37.5 Å². The Morgan fingerprint density at radius 1 is 0.908 bits per heavy atom. The second-order valence-electron chi connectivity index (χ2n) is 20.4. The molecule has 2 aliphatic rings. The summed E-state index contributed by atoms with van der Waals surface area (Å²) < 4.78 is 43.2. The van der Waals surface area contributed by atoms with Gasteiger partial charge in [0, 0.05) is 99.1 Å². The van der Waals surface area contributed by atoms with Crippen LogP contribution in [0.5, 0.6) is 0 Å². The van der Waals surface area contributed by atoms with Gasteiger partial charge in [-0.05, 0) is 91.0 Å². The first kappa shape index (κ1) is 53.2. The molecule has 3 aromatic carbocycles. The lowest BCUT2D eigenvalue weighted by molar-refractivity contribution is -0.144. The molecule has 1 unspecified atom stereocenters. The molecule has 2 aliphatic heterocycles. The van der Waals surface area contributed by atoms with E-state index in [1.807, 2.05) is 75.8 Å². The fourth-order valence-electron chi connectivity index (χ4n) is 9.79. The number of nitrogens with zero attached hydrogens (tertiary/aromatic N) is 8. The molecule has 0 spiro atoms. The minimum absolute atomic E-state index is 0.00194. The van der Waals surface area contributed by atoms with E-state index in [1.165, 1.54) is 17.0 Å². The number of fused-ring (bicyclic) bond motifs is 3. The van der Waals surface area contributed by atoms with E-state index in [-0.39, 0.29) is 50.2 Å². The molecule has 0 bridgehead atoms. The summed E-state index contributed by atoms with van der Waals surface area (Å²) in [4.78, 5) is 70.2. The molecule has 9 rings (SSSR count). The standard InChI is InChI=1S/C56H60F3N11O5S/c1-35-49(76-34-63-35)38-13-10-37(11-14-38)31-62-53(74)46-29-42(71)32-69(46)54(75)50(55(2,3)4)64-48(72)9-7-23-67-24-26-68(27-25-67)47-21-12-36(30-61-47)8-6-22-60-52(73)39-15-20-45-43(28-39)44-33-66(5)65-51(44)70(45)41-18-16-40(17-19-41)56(57,58)59/h10-21,28,30,33-34,42,46,50,71H,7,9,22-27,29,31-32H2,1-5H3,(H,60,73)(H,62,74)(H,64,72)/t42-,46?,50-/m1/s1. The van der Waals surface area contributed by atoms with E-state index in [2.05, 4.69) is 52.7 Å². The maximum Gasteiger partial charge on any atom is 0.416 e. The number of aromatic nitrogens is 5. The number of carbonyl (C=O) groups is 4. The second-order valence-corrected chi connectivity index (χ2v) is 21.3. The molecule has 0 radical (unpaired) electrons. The number of hydrogen-bond donors (Lipinski definition) is 4. The van der Waals surface area contributed by atoms with Crippen molar-refractivity contribution in [1.29, 1.82) is 0 Å². The number of pyridine rings is 1. The number of anilines is 1. The van der Waals surface area contributed by atoms with Crippen LogP contribution in [0.15, 0.2) is 96.8 Å². The molecule has 4 amide bonds. The number of β-amino-alcohol motifs (C(OH)–C–C–N with tert-alkyl or cyclic N) is 1.